The monoisotopic (exact) mass is 643 g/mol. The van der Waals surface area contributed by atoms with Crippen LogP contribution in [0.1, 0.15) is 16.1 Å². The first-order chi connectivity index (χ1) is 15.7. The summed E-state index contributed by atoms with van der Waals surface area (Å²) in [6.07, 6.45) is 1.39. The SMILES string of the molecule is O=C(COc1c(Br)cc(Br)cc1Br)N/N=C\c1ccc(OC(=O)c2ccc([N+](=O)[O-])o2)cc1. The summed E-state index contributed by atoms with van der Waals surface area (Å²) in [5, 5.41) is 14.5. The number of nitro groups is 1. The molecule has 2 aromatic carbocycles. The van der Waals surface area contributed by atoms with E-state index in [0.717, 1.165) is 16.6 Å². The maximum atomic E-state index is 12.0. The number of carbonyl (C=O) groups excluding carboxylic acids is 2. The smallest absolute Gasteiger partial charge is 0.433 e. The van der Waals surface area contributed by atoms with E-state index in [1.807, 2.05) is 0 Å². The van der Waals surface area contributed by atoms with Gasteiger partial charge in [-0.05, 0) is 79.9 Å². The van der Waals surface area contributed by atoms with Crippen LogP contribution in [0.15, 0.2) is 71.5 Å². The zero-order valence-electron chi connectivity index (χ0n) is 16.3. The molecule has 10 nitrogen and oxygen atoms in total. The highest BCUT2D eigenvalue weighted by Crippen LogP contribution is 2.36. The third kappa shape index (κ3) is 6.97. The summed E-state index contributed by atoms with van der Waals surface area (Å²) < 4.78 is 17.6. The fourth-order valence-electron chi connectivity index (χ4n) is 2.33. The Morgan fingerprint density at radius 1 is 1.09 bits per heavy atom. The Bertz CT molecular complexity index is 1200. The number of hydrogen-bond acceptors (Lipinski definition) is 8. The zero-order valence-corrected chi connectivity index (χ0v) is 21.0. The maximum absolute atomic E-state index is 12.0. The Balaban J connectivity index is 1.49. The van der Waals surface area contributed by atoms with Crippen LogP contribution in [0.2, 0.25) is 0 Å². The number of esters is 1. The van der Waals surface area contributed by atoms with Crippen molar-refractivity contribution < 1.29 is 28.4 Å². The van der Waals surface area contributed by atoms with Crippen molar-refractivity contribution in [2.45, 2.75) is 0 Å². The van der Waals surface area contributed by atoms with Crippen molar-refractivity contribution in [2.75, 3.05) is 6.61 Å². The van der Waals surface area contributed by atoms with Gasteiger partial charge in [-0.25, -0.2) is 10.2 Å². The van der Waals surface area contributed by atoms with Crippen molar-refractivity contribution in [2.24, 2.45) is 5.10 Å². The van der Waals surface area contributed by atoms with Crippen LogP contribution < -0.4 is 14.9 Å². The molecule has 0 fully saturated rings. The molecule has 1 N–H and O–H groups in total. The van der Waals surface area contributed by atoms with Gasteiger partial charge in [-0.1, -0.05) is 15.9 Å². The van der Waals surface area contributed by atoms with Gasteiger partial charge >= 0.3 is 11.9 Å². The van der Waals surface area contributed by atoms with Gasteiger partial charge in [0.25, 0.3) is 5.91 Å². The Morgan fingerprint density at radius 3 is 2.36 bits per heavy atom. The lowest BCUT2D eigenvalue weighted by Gasteiger charge is -2.09. The lowest BCUT2D eigenvalue weighted by Crippen LogP contribution is -2.24. The second-order valence-corrected chi connectivity index (χ2v) is 8.76. The number of ether oxygens (including phenoxy) is 2. The van der Waals surface area contributed by atoms with Crippen molar-refractivity contribution in [3.63, 3.8) is 0 Å². The predicted molar refractivity (Wildman–Crippen MR) is 128 cm³/mol. The summed E-state index contributed by atoms with van der Waals surface area (Å²) in [5.41, 5.74) is 2.96. The molecule has 0 aliphatic heterocycles. The highest BCUT2D eigenvalue weighted by molar-refractivity contribution is 9.11. The molecule has 0 saturated carbocycles. The Labute approximate surface area is 211 Å². The van der Waals surface area contributed by atoms with Crippen molar-refractivity contribution in [3.05, 3.63) is 83.4 Å². The van der Waals surface area contributed by atoms with Crippen LogP contribution in [0.4, 0.5) is 5.88 Å². The number of hydrogen-bond donors (Lipinski definition) is 1. The number of halogens is 3. The first-order valence-electron chi connectivity index (χ1n) is 8.88. The number of rotatable bonds is 8. The predicted octanol–water partition coefficient (Wildman–Crippen LogP) is 5.22. The minimum Gasteiger partial charge on any atom is -0.481 e. The molecule has 3 rings (SSSR count). The first kappa shape index (κ1) is 24.6. The quantitative estimate of drug-likeness (QED) is 0.117. The molecule has 0 radical (unpaired) electrons. The Kier molecular flexibility index (Phi) is 8.36. The summed E-state index contributed by atoms with van der Waals surface area (Å²) in [5.74, 6) is -1.52. The second-order valence-electron chi connectivity index (χ2n) is 6.13. The van der Waals surface area contributed by atoms with Gasteiger partial charge < -0.3 is 13.9 Å². The molecule has 3 aromatic rings. The van der Waals surface area contributed by atoms with Crippen LogP contribution in [0.3, 0.4) is 0 Å². The minimum atomic E-state index is -0.874. The first-order valence-corrected chi connectivity index (χ1v) is 11.3. The van der Waals surface area contributed by atoms with Crippen LogP contribution >= 0.6 is 47.8 Å². The van der Waals surface area contributed by atoms with Crippen molar-refractivity contribution >= 4 is 71.8 Å². The molecule has 1 amide bonds. The van der Waals surface area contributed by atoms with Crippen molar-refractivity contribution in [1.29, 1.82) is 0 Å². The summed E-state index contributed by atoms with van der Waals surface area (Å²) in [4.78, 5) is 33.8. The van der Waals surface area contributed by atoms with E-state index in [1.165, 1.54) is 18.3 Å². The van der Waals surface area contributed by atoms with E-state index in [2.05, 4.69) is 58.3 Å². The van der Waals surface area contributed by atoms with Crippen molar-refractivity contribution in [1.82, 2.24) is 5.43 Å². The molecule has 1 heterocycles. The second kappa shape index (κ2) is 11.2. The van der Waals surface area contributed by atoms with Gasteiger partial charge in [-0.15, -0.1) is 0 Å². The molecule has 0 aliphatic carbocycles. The third-order valence-electron chi connectivity index (χ3n) is 3.78. The van der Waals surface area contributed by atoms with Crippen LogP contribution in [-0.2, 0) is 4.79 Å². The summed E-state index contributed by atoms with van der Waals surface area (Å²) in [6, 6.07) is 12.0. The van der Waals surface area contributed by atoms with Crippen LogP contribution in [0, 0.1) is 10.1 Å². The van der Waals surface area contributed by atoms with Crippen LogP contribution in [0.5, 0.6) is 11.5 Å². The van der Waals surface area contributed by atoms with E-state index in [1.54, 1.807) is 24.3 Å². The molecule has 33 heavy (non-hydrogen) atoms. The van der Waals surface area contributed by atoms with Crippen molar-refractivity contribution in [3.8, 4) is 11.5 Å². The van der Waals surface area contributed by atoms with Crippen LogP contribution in [-0.4, -0.2) is 29.6 Å². The Morgan fingerprint density at radius 2 is 1.76 bits per heavy atom. The normalized spacial score (nSPS) is 10.8. The largest absolute Gasteiger partial charge is 0.481 e. The number of benzene rings is 2. The molecular formula is C20H12Br3N3O7. The van der Waals surface area contributed by atoms with Gasteiger partial charge in [0.05, 0.1) is 21.2 Å². The van der Waals surface area contributed by atoms with Gasteiger partial charge in [0.1, 0.15) is 16.4 Å². The molecule has 0 aliphatic rings. The van der Waals surface area contributed by atoms with Gasteiger partial charge in [0.15, 0.2) is 6.61 Å². The number of hydrazone groups is 1. The summed E-state index contributed by atoms with van der Waals surface area (Å²) >= 11 is 10.1. The summed E-state index contributed by atoms with van der Waals surface area (Å²) in [7, 11) is 0. The molecule has 0 saturated heterocycles. The van der Waals surface area contributed by atoms with Gasteiger partial charge in [0, 0.05) is 4.47 Å². The molecule has 1 aromatic heterocycles. The van der Waals surface area contributed by atoms with Gasteiger partial charge in [-0.2, -0.15) is 5.10 Å². The van der Waals surface area contributed by atoms with E-state index < -0.39 is 22.7 Å². The fraction of sp³-hybridized carbons (Fsp3) is 0.0500. The van der Waals surface area contributed by atoms with E-state index >= 15 is 0 Å². The molecule has 0 atom stereocenters. The molecular weight excluding hydrogens is 634 g/mol. The lowest BCUT2D eigenvalue weighted by molar-refractivity contribution is -0.402. The molecule has 0 bridgehead atoms. The van der Waals surface area contributed by atoms with Gasteiger partial charge in [0.2, 0.25) is 5.76 Å². The number of furan rings is 1. The number of amides is 1. The average Bonchev–Trinajstić information content (AvgIpc) is 3.25. The highest BCUT2D eigenvalue weighted by Gasteiger charge is 2.19. The zero-order chi connectivity index (χ0) is 24.0. The third-order valence-corrected chi connectivity index (χ3v) is 5.41. The average molecular weight is 646 g/mol. The maximum Gasteiger partial charge on any atom is 0.433 e. The van der Waals surface area contributed by atoms with Gasteiger partial charge in [-0.3, -0.25) is 14.9 Å². The number of nitrogens with zero attached hydrogens (tertiary/aromatic N) is 2. The fourth-order valence-corrected chi connectivity index (χ4v) is 4.82. The molecule has 0 unspecified atom stereocenters. The lowest BCUT2D eigenvalue weighted by atomic mass is 10.2. The Hall–Kier alpha value is -3.03. The minimum absolute atomic E-state index is 0.194. The molecule has 170 valence electrons. The summed E-state index contributed by atoms with van der Waals surface area (Å²) in [6.45, 7) is -0.254. The molecule has 0 spiro atoms. The highest BCUT2D eigenvalue weighted by atomic mass is 79.9. The van der Waals surface area contributed by atoms with E-state index in [0.29, 0.717) is 20.3 Å². The standard InChI is InChI=1S/C20H12Br3N3O7/c21-12-7-14(22)19(15(23)8-12)31-10-17(27)25-24-9-11-1-3-13(4-2-11)32-20(28)16-5-6-18(33-16)26(29)30/h1-9H,10H2,(H,25,27)/b24-9-. The number of nitrogens with one attached hydrogen (secondary N) is 1. The van der Waals surface area contributed by atoms with E-state index in [4.69, 9.17) is 13.9 Å². The van der Waals surface area contributed by atoms with Crippen LogP contribution in [0.25, 0.3) is 0 Å². The number of carbonyl (C=O) groups is 2. The van der Waals surface area contributed by atoms with E-state index in [-0.39, 0.29) is 18.1 Å². The topological polar surface area (TPSA) is 133 Å². The molecule has 13 heteroatoms. The van der Waals surface area contributed by atoms with E-state index in [9.17, 15) is 19.7 Å².